The Balaban J connectivity index is 2.58. The third-order valence-electron chi connectivity index (χ3n) is 2.24. The quantitative estimate of drug-likeness (QED) is 0.724. The molecule has 1 heterocycles. The molecule has 1 aliphatic rings. The lowest BCUT2D eigenvalue weighted by Crippen LogP contribution is -2.31. The van der Waals surface area contributed by atoms with Gasteiger partial charge in [0.05, 0.1) is 18.6 Å². The standard InChI is InChI=1S/C9H16O4/c1-4-6(8(10)11)7-5-12-9(2,3)13-7/h6-7H,4-5H2,1-3H3,(H,10,11). The summed E-state index contributed by atoms with van der Waals surface area (Å²) in [7, 11) is 0. The molecule has 2 unspecified atom stereocenters. The zero-order valence-electron chi connectivity index (χ0n) is 8.24. The molecule has 0 spiro atoms. The van der Waals surface area contributed by atoms with Gasteiger partial charge in [0, 0.05) is 0 Å². The third-order valence-corrected chi connectivity index (χ3v) is 2.24. The lowest BCUT2D eigenvalue weighted by molar-refractivity contribution is -0.159. The van der Waals surface area contributed by atoms with E-state index < -0.39 is 17.7 Å². The van der Waals surface area contributed by atoms with Crippen molar-refractivity contribution in [2.75, 3.05) is 6.61 Å². The van der Waals surface area contributed by atoms with Crippen LogP contribution in [0.25, 0.3) is 0 Å². The number of aliphatic carboxylic acids is 1. The predicted octanol–water partition coefficient (Wildman–Crippen LogP) is 1.25. The first-order valence-electron chi connectivity index (χ1n) is 4.51. The highest BCUT2D eigenvalue weighted by atomic mass is 16.7. The SMILES string of the molecule is CCC(C(=O)O)C1COC(C)(C)O1. The normalized spacial score (nSPS) is 28.7. The fourth-order valence-corrected chi connectivity index (χ4v) is 1.51. The third kappa shape index (κ3) is 2.42. The molecule has 0 bridgehead atoms. The van der Waals surface area contributed by atoms with Gasteiger partial charge in [-0.2, -0.15) is 0 Å². The van der Waals surface area contributed by atoms with Gasteiger partial charge in [-0.1, -0.05) is 6.92 Å². The van der Waals surface area contributed by atoms with Gasteiger partial charge in [0.2, 0.25) is 0 Å². The van der Waals surface area contributed by atoms with Gasteiger partial charge in [0.25, 0.3) is 0 Å². The van der Waals surface area contributed by atoms with Crippen LogP contribution in [-0.2, 0) is 14.3 Å². The van der Waals surface area contributed by atoms with Crippen LogP contribution in [-0.4, -0.2) is 29.6 Å². The largest absolute Gasteiger partial charge is 0.481 e. The summed E-state index contributed by atoms with van der Waals surface area (Å²) in [5.41, 5.74) is 0. The molecule has 1 rings (SSSR count). The minimum absolute atomic E-state index is 0.308. The van der Waals surface area contributed by atoms with E-state index in [-0.39, 0.29) is 6.10 Å². The van der Waals surface area contributed by atoms with Gasteiger partial charge in [-0.25, -0.2) is 0 Å². The van der Waals surface area contributed by atoms with Crippen molar-refractivity contribution < 1.29 is 19.4 Å². The molecule has 1 N–H and O–H groups in total. The lowest BCUT2D eigenvalue weighted by atomic mass is 10.0. The van der Waals surface area contributed by atoms with Crippen LogP contribution in [0, 0.1) is 5.92 Å². The molecule has 2 atom stereocenters. The van der Waals surface area contributed by atoms with Crippen molar-refractivity contribution in [3.05, 3.63) is 0 Å². The van der Waals surface area contributed by atoms with Gasteiger partial charge in [0.15, 0.2) is 5.79 Å². The van der Waals surface area contributed by atoms with Gasteiger partial charge >= 0.3 is 5.97 Å². The molecule has 0 aromatic rings. The first-order chi connectivity index (χ1) is 5.96. The highest BCUT2D eigenvalue weighted by molar-refractivity contribution is 5.70. The average Bonchev–Trinajstić information content (AvgIpc) is 2.31. The van der Waals surface area contributed by atoms with Gasteiger partial charge in [-0.15, -0.1) is 0 Å². The molecule has 0 aromatic carbocycles. The summed E-state index contributed by atoms with van der Waals surface area (Å²) in [4.78, 5) is 10.8. The zero-order valence-corrected chi connectivity index (χ0v) is 8.24. The van der Waals surface area contributed by atoms with Crippen molar-refractivity contribution >= 4 is 5.97 Å². The summed E-state index contributed by atoms with van der Waals surface area (Å²) in [6.07, 6.45) is 0.261. The smallest absolute Gasteiger partial charge is 0.309 e. The molecular formula is C9H16O4. The number of ether oxygens (including phenoxy) is 2. The maximum atomic E-state index is 10.8. The van der Waals surface area contributed by atoms with E-state index in [1.807, 2.05) is 6.92 Å². The molecule has 0 saturated carbocycles. The van der Waals surface area contributed by atoms with E-state index in [1.165, 1.54) is 0 Å². The van der Waals surface area contributed by atoms with Crippen LogP contribution in [0.5, 0.6) is 0 Å². The summed E-state index contributed by atoms with van der Waals surface area (Å²) >= 11 is 0. The van der Waals surface area contributed by atoms with E-state index in [0.717, 1.165) is 0 Å². The molecule has 4 heteroatoms. The Morgan fingerprint density at radius 1 is 1.69 bits per heavy atom. The average molecular weight is 188 g/mol. The molecule has 1 aliphatic heterocycles. The second-order valence-corrected chi connectivity index (χ2v) is 3.72. The maximum Gasteiger partial charge on any atom is 0.309 e. The summed E-state index contributed by atoms with van der Waals surface area (Å²) in [6, 6.07) is 0. The highest BCUT2D eigenvalue weighted by Crippen LogP contribution is 2.28. The fraction of sp³-hybridized carbons (Fsp3) is 0.889. The van der Waals surface area contributed by atoms with Crippen LogP contribution in [0.1, 0.15) is 27.2 Å². The van der Waals surface area contributed by atoms with Gasteiger partial charge in [0.1, 0.15) is 0 Å². The van der Waals surface area contributed by atoms with E-state index in [4.69, 9.17) is 14.6 Å². The van der Waals surface area contributed by atoms with E-state index >= 15 is 0 Å². The number of rotatable bonds is 3. The van der Waals surface area contributed by atoms with Crippen LogP contribution >= 0.6 is 0 Å². The predicted molar refractivity (Wildman–Crippen MR) is 46.3 cm³/mol. The van der Waals surface area contributed by atoms with Crippen molar-refractivity contribution in [3.63, 3.8) is 0 Å². The van der Waals surface area contributed by atoms with Crippen molar-refractivity contribution in [1.29, 1.82) is 0 Å². The molecular weight excluding hydrogens is 172 g/mol. The summed E-state index contributed by atoms with van der Waals surface area (Å²) in [6.45, 7) is 5.80. The van der Waals surface area contributed by atoms with Crippen LogP contribution in [0.15, 0.2) is 0 Å². The molecule has 0 amide bonds. The Kier molecular flexibility index (Phi) is 2.93. The van der Waals surface area contributed by atoms with E-state index in [9.17, 15) is 4.79 Å². The van der Waals surface area contributed by atoms with Gasteiger partial charge in [-0.3, -0.25) is 4.79 Å². The Bertz CT molecular complexity index is 200. The Labute approximate surface area is 77.8 Å². The molecule has 0 aliphatic carbocycles. The fourth-order valence-electron chi connectivity index (χ4n) is 1.51. The summed E-state index contributed by atoms with van der Waals surface area (Å²) in [5.74, 6) is -1.90. The Hall–Kier alpha value is -0.610. The second-order valence-electron chi connectivity index (χ2n) is 3.72. The molecule has 76 valence electrons. The van der Waals surface area contributed by atoms with Crippen molar-refractivity contribution in [2.24, 2.45) is 5.92 Å². The zero-order chi connectivity index (χ0) is 10.1. The van der Waals surface area contributed by atoms with E-state index in [1.54, 1.807) is 13.8 Å². The number of hydrogen-bond donors (Lipinski definition) is 1. The van der Waals surface area contributed by atoms with Crippen molar-refractivity contribution in [1.82, 2.24) is 0 Å². The van der Waals surface area contributed by atoms with Crippen LogP contribution < -0.4 is 0 Å². The number of carbonyl (C=O) groups is 1. The molecule has 4 nitrogen and oxygen atoms in total. The monoisotopic (exact) mass is 188 g/mol. The van der Waals surface area contributed by atoms with Crippen LogP contribution in [0.4, 0.5) is 0 Å². The van der Waals surface area contributed by atoms with E-state index in [2.05, 4.69) is 0 Å². The maximum absolute atomic E-state index is 10.8. The number of carboxylic acid groups (broad SMARTS) is 1. The molecule has 0 aromatic heterocycles. The summed E-state index contributed by atoms with van der Waals surface area (Å²) < 4.78 is 10.8. The number of carboxylic acids is 1. The Morgan fingerprint density at radius 2 is 2.31 bits per heavy atom. The minimum atomic E-state index is -0.811. The first kappa shape index (κ1) is 10.5. The highest BCUT2D eigenvalue weighted by Gasteiger charge is 2.39. The summed E-state index contributed by atoms with van der Waals surface area (Å²) in [5, 5.41) is 8.87. The molecule has 1 fully saturated rings. The van der Waals surface area contributed by atoms with E-state index in [0.29, 0.717) is 13.0 Å². The van der Waals surface area contributed by atoms with Crippen molar-refractivity contribution in [3.8, 4) is 0 Å². The molecule has 13 heavy (non-hydrogen) atoms. The van der Waals surface area contributed by atoms with Crippen molar-refractivity contribution in [2.45, 2.75) is 39.1 Å². The van der Waals surface area contributed by atoms with Gasteiger partial charge < -0.3 is 14.6 Å². The van der Waals surface area contributed by atoms with Gasteiger partial charge in [-0.05, 0) is 20.3 Å². The Morgan fingerprint density at radius 3 is 2.62 bits per heavy atom. The topological polar surface area (TPSA) is 55.8 Å². The second kappa shape index (κ2) is 3.64. The molecule has 0 radical (unpaired) electrons. The molecule has 1 saturated heterocycles. The minimum Gasteiger partial charge on any atom is -0.481 e. The van der Waals surface area contributed by atoms with Crippen LogP contribution in [0.3, 0.4) is 0 Å². The lowest BCUT2D eigenvalue weighted by Gasteiger charge is -2.20. The number of hydrogen-bond acceptors (Lipinski definition) is 3. The van der Waals surface area contributed by atoms with Crippen LogP contribution in [0.2, 0.25) is 0 Å². The first-order valence-corrected chi connectivity index (χ1v) is 4.51.